The first-order valence-corrected chi connectivity index (χ1v) is 13.1. The van der Waals surface area contributed by atoms with Crippen LogP contribution in [0.2, 0.25) is 0 Å². The summed E-state index contributed by atoms with van der Waals surface area (Å²) in [5.41, 5.74) is 0. The molecule has 0 saturated heterocycles. The molecule has 0 aromatic rings. The van der Waals surface area contributed by atoms with E-state index in [2.05, 4.69) is 19.0 Å². The summed E-state index contributed by atoms with van der Waals surface area (Å²) < 4.78 is 60.5. The van der Waals surface area contributed by atoms with Crippen LogP contribution in [0, 0.1) is 0 Å². The first-order valence-electron chi connectivity index (χ1n) is 11.6. The van der Waals surface area contributed by atoms with Crippen LogP contribution in [0.15, 0.2) is 0 Å². The van der Waals surface area contributed by atoms with E-state index >= 15 is 0 Å². The number of hydrogen-bond acceptors (Lipinski definition) is 7. The number of likely N-dealkylation sites (N-methyl/N-ethyl adjacent to an activating group) is 1. The minimum absolute atomic E-state index is 0.293. The van der Waals surface area contributed by atoms with Crippen LogP contribution in [0.25, 0.3) is 0 Å². The molecular weight excluding hydrogens is 482 g/mol. The number of nitrogens with zero attached hydrogens (tertiary/aromatic N) is 1. The number of carbonyl (C=O) groups is 2. The lowest BCUT2D eigenvalue weighted by Crippen LogP contribution is -2.43. The number of carboxylic acid groups (broad SMARTS) is 1. The zero-order chi connectivity index (χ0) is 26.5. The summed E-state index contributed by atoms with van der Waals surface area (Å²) in [6, 6.07) is 0. The summed E-state index contributed by atoms with van der Waals surface area (Å²) >= 11 is 0. The number of carbonyl (C=O) groups excluding carboxylic acids is 1. The number of alkyl halides is 2. The van der Waals surface area contributed by atoms with Gasteiger partial charge in [-0.25, -0.2) is 14.3 Å². The van der Waals surface area contributed by atoms with Crippen LogP contribution in [0.1, 0.15) is 71.6 Å². The maximum atomic E-state index is 12.3. The smallest absolute Gasteiger partial charge is 0.474 e. The van der Waals surface area contributed by atoms with Crippen molar-refractivity contribution >= 4 is 19.8 Å². The van der Waals surface area contributed by atoms with Crippen LogP contribution in [0.5, 0.6) is 0 Å². The Morgan fingerprint density at radius 1 is 0.853 bits per heavy atom. The molecule has 0 aliphatic carbocycles. The van der Waals surface area contributed by atoms with E-state index < -0.39 is 26.2 Å². The Hall–Kier alpha value is -1.20. The SMILES string of the molecule is CCOP(=O)(OCC)OCC[N+](C)(C)CCCCCCCCCCC(=O)O.O=C(OF)C(F)F. The molecule has 0 heterocycles. The van der Waals surface area contributed by atoms with Gasteiger partial charge in [-0.3, -0.25) is 18.4 Å². The molecule has 1 N–H and O–H groups in total. The van der Waals surface area contributed by atoms with Crippen molar-refractivity contribution in [2.24, 2.45) is 0 Å². The van der Waals surface area contributed by atoms with Crippen LogP contribution in [-0.4, -0.2) is 75.0 Å². The molecule has 0 aromatic heterocycles. The zero-order valence-corrected chi connectivity index (χ0v) is 21.7. The highest BCUT2D eigenvalue weighted by molar-refractivity contribution is 7.48. The van der Waals surface area contributed by atoms with Gasteiger partial charge in [-0.15, -0.1) is 0 Å². The quantitative estimate of drug-likeness (QED) is 0.126. The third kappa shape index (κ3) is 22.6. The lowest BCUT2D eigenvalue weighted by molar-refractivity contribution is -0.890. The number of quaternary nitrogens is 1. The Bertz CT molecular complexity index is 572. The molecule has 0 spiro atoms. The van der Waals surface area contributed by atoms with Crippen LogP contribution in [-0.2, 0) is 32.7 Å². The first kappa shape index (κ1) is 35.0. The molecule has 34 heavy (non-hydrogen) atoms. The summed E-state index contributed by atoms with van der Waals surface area (Å²) in [5.74, 6) is -2.85. The molecule has 0 unspecified atom stereocenters. The van der Waals surface area contributed by atoms with Crippen molar-refractivity contribution < 1.29 is 55.6 Å². The number of halogens is 3. The van der Waals surface area contributed by atoms with Crippen LogP contribution in [0.3, 0.4) is 0 Å². The Morgan fingerprint density at radius 3 is 1.71 bits per heavy atom. The fourth-order valence-electron chi connectivity index (χ4n) is 2.85. The highest BCUT2D eigenvalue weighted by atomic mass is 31.2. The second-order valence-electron chi connectivity index (χ2n) is 8.17. The molecular formula is C21H42F3NO8P+. The van der Waals surface area contributed by atoms with E-state index in [1.165, 1.54) is 25.7 Å². The topological polar surface area (TPSA) is 108 Å². The molecule has 0 rings (SSSR count). The van der Waals surface area contributed by atoms with Gasteiger partial charge in [0.25, 0.3) is 0 Å². The second kappa shape index (κ2) is 21.1. The number of phosphoric ester groups is 1. The highest BCUT2D eigenvalue weighted by Crippen LogP contribution is 2.49. The molecule has 0 aliphatic rings. The lowest BCUT2D eigenvalue weighted by atomic mass is 10.1. The third-order valence-electron chi connectivity index (χ3n) is 4.68. The Balaban J connectivity index is 0. The monoisotopic (exact) mass is 524 g/mol. The fourth-order valence-corrected chi connectivity index (χ4v) is 4.01. The minimum atomic E-state index is -3.41. The second-order valence-corrected chi connectivity index (χ2v) is 9.84. The molecule has 13 heteroatoms. The van der Waals surface area contributed by atoms with Gasteiger partial charge in [-0.1, -0.05) is 32.1 Å². The Labute approximate surface area is 201 Å². The van der Waals surface area contributed by atoms with Crippen molar-refractivity contribution in [3.05, 3.63) is 0 Å². The van der Waals surface area contributed by atoms with E-state index in [9.17, 15) is 22.7 Å². The van der Waals surface area contributed by atoms with Crippen molar-refractivity contribution in [3.8, 4) is 0 Å². The number of phosphoric acid groups is 1. The molecule has 0 fully saturated rings. The average Bonchev–Trinajstić information content (AvgIpc) is 2.74. The fraction of sp³-hybridized carbons (Fsp3) is 0.905. The molecule has 0 atom stereocenters. The number of unbranched alkanes of at least 4 members (excludes halogenated alkanes) is 7. The van der Waals surface area contributed by atoms with E-state index in [4.69, 9.17) is 23.5 Å². The van der Waals surface area contributed by atoms with Crippen LogP contribution in [0.4, 0.5) is 13.3 Å². The molecule has 204 valence electrons. The van der Waals surface area contributed by atoms with E-state index in [1.54, 1.807) is 13.8 Å². The standard InChI is InChI=1S/C19H40NO6P.C2HF3O2/c1-5-24-27(23,25-6-2)26-18-17-20(3,4)16-14-12-10-8-7-9-11-13-15-19(21)22;3-1(4)2(6)7-5/h5-18H2,1-4H3;1H/p+1. The van der Waals surface area contributed by atoms with Crippen molar-refractivity contribution in [3.63, 3.8) is 0 Å². The minimum Gasteiger partial charge on any atom is -0.481 e. The van der Waals surface area contributed by atoms with Gasteiger partial charge in [0.2, 0.25) is 0 Å². The van der Waals surface area contributed by atoms with Crippen molar-refractivity contribution in [1.82, 2.24) is 0 Å². The van der Waals surface area contributed by atoms with Crippen LogP contribution < -0.4 is 0 Å². The largest absolute Gasteiger partial charge is 0.481 e. The molecule has 0 bridgehead atoms. The average molecular weight is 525 g/mol. The number of aliphatic carboxylic acids is 1. The zero-order valence-electron chi connectivity index (χ0n) is 20.8. The summed E-state index contributed by atoms with van der Waals surface area (Å²) in [5, 5.41) is 8.59. The Kier molecular flexibility index (Phi) is 21.7. The van der Waals surface area contributed by atoms with Gasteiger partial charge >= 0.3 is 26.2 Å². The predicted octanol–water partition coefficient (Wildman–Crippen LogP) is 5.54. The molecule has 0 aliphatic heterocycles. The molecule has 9 nitrogen and oxygen atoms in total. The summed E-state index contributed by atoms with van der Waals surface area (Å²) in [7, 11) is 0.896. The first-order chi connectivity index (χ1) is 15.9. The van der Waals surface area contributed by atoms with Crippen molar-refractivity contribution in [2.75, 3.05) is 47.0 Å². The van der Waals surface area contributed by atoms with Crippen molar-refractivity contribution in [2.45, 2.75) is 78.1 Å². The maximum Gasteiger partial charge on any atom is 0.474 e. The maximum absolute atomic E-state index is 12.3. The van der Waals surface area contributed by atoms with E-state index in [0.717, 1.165) is 43.3 Å². The summed E-state index contributed by atoms with van der Waals surface area (Å²) in [6.07, 6.45) is 5.85. The summed E-state index contributed by atoms with van der Waals surface area (Å²) in [6.45, 7) is 6.30. The van der Waals surface area contributed by atoms with Gasteiger partial charge in [0.1, 0.15) is 13.2 Å². The van der Waals surface area contributed by atoms with E-state index in [-0.39, 0.29) is 0 Å². The van der Waals surface area contributed by atoms with E-state index in [0.29, 0.717) is 26.2 Å². The van der Waals surface area contributed by atoms with Gasteiger partial charge in [0.05, 0.1) is 33.9 Å². The molecule has 0 radical (unpaired) electrons. The third-order valence-corrected chi connectivity index (χ3v) is 6.33. The highest BCUT2D eigenvalue weighted by Gasteiger charge is 2.26. The van der Waals surface area contributed by atoms with Gasteiger partial charge in [-0.2, -0.15) is 8.78 Å². The van der Waals surface area contributed by atoms with Gasteiger partial charge in [0, 0.05) is 10.9 Å². The number of hydrogen-bond donors (Lipinski definition) is 1. The van der Waals surface area contributed by atoms with E-state index in [1.807, 2.05) is 0 Å². The molecule has 0 amide bonds. The molecule has 0 saturated carbocycles. The normalized spacial score (nSPS) is 11.8. The molecule has 0 aromatic carbocycles. The Morgan fingerprint density at radius 2 is 1.32 bits per heavy atom. The summed E-state index contributed by atoms with van der Waals surface area (Å²) in [4.78, 5) is 21.7. The van der Waals surface area contributed by atoms with Gasteiger partial charge in [-0.05, 0) is 33.1 Å². The number of carboxylic acids is 1. The number of rotatable bonds is 20. The van der Waals surface area contributed by atoms with Crippen molar-refractivity contribution in [1.29, 1.82) is 0 Å². The lowest BCUT2D eigenvalue weighted by Gasteiger charge is -2.30. The van der Waals surface area contributed by atoms with Gasteiger partial charge in [0.15, 0.2) is 0 Å². The predicted molar refractivity (Wildman–Crippen MR) is 121 cm³/mol. The van der Waals surface area contributed by atoms with Gasteiger partial charge < -0.3 is 9.59 Å². The van der Waals surface area contributed by atoms with Crippen LogP contribution >= 0.6 is 7.82 Å².